The van der Waals surface area contributed by atoms with Gasteiger partial charge in [0.25, 0.3) is 0 Å². The largest absolute Gasteiger partial charge is 0.480 e. The number of rotatable bonds is 2. The molecule has 4 nitrogen and oxygen atoms in total. The highest BCUT2D eigenvalue weighted by molar-refractivity contribution is 5.87. The smallest absolute Gasteiger partial charge is 0.375 e. The Morgan fingerprint density at radius 1 is 1.91 bits per heavy atom. The molecule has 1 rings (SSSR count). The highest BCUT2D eigenvalue weighted by atomic mass is 16.6. The van der Waals surface area contributed by atoms with Crippen molar-refractivity contribution < 1.29 is 14.3 Å². The topological polar surface area (TPSA) is 47.9 Å². The predicted molar refractivity (Wildman–Crippen MR) is 39.2 cm³/mol. The lowest BCUT2D eigenvalue weighted by Crippen LogP contribution is -2.13. The Bertz CT molecular complexity index is 208. The summed E-state index contributed by atoms with van der Waals surface area (Å²) in [5, 5.41) is 0. The van der Waals surface area contributed by atoms with Gasteiger partial charge in [0.1, 0.15) is 6.61 Å². The maximum atomic E-state index is 10.9. The molecule has 1 aliphatic rings. The Labute approximate surface area is 64.5 Å². The number of hydrogen-bond acceptors (Lipinski definition) is 4. The normalized spacial score (nSPS) is 15.2. The molecule has 0 atom stereocenters. The molecule has 11 heavy (non-hydrogen) atoms. The Kier molecular flexibility index (Phi) is 2.66. The van der Waals surface area contributed by atoms with Gasteiger partial charge in [-0.3, -0.25) is 4.99 Å². The van der Waals surface area contributed by atoms with Crippen LogP contribution in [0.3, 0.4) is 0 Å². The fourth-order valence-electron chi connectivity index (χ4n) is 0.642. The lowest BCUT2D eigenvalue weighted by atomic mass is 10.5. The molecule has 0 N–H and O–H groups in total. The number of hydrogen-bond donors (Lipinski definition) is 0. The van der Waals surface area contributed by atoms with Crippen molar-refractivity contribution in [2.75, 3.05) is 13.2 Å². The molecule has 0 unspecified atom stereocenters. The molecule has 0 saturated heterocycles. The molecule has 0 aliphatic carbocycles. The summed E-state index contributed by atoms with van der Waals surface area (Å²) in [5.74, 6) is -0.279. The second-order valence-corrected chi connectivity index (χ2v) is 1.86. The lowest BCUT2D eigenvalue weighted by Gasteiger charge is -2.08. The van der Waals surface area contributed by atoms with Crippen molar-refractivity contribution in [3.05, 3.63) is 12.0 Å². The Morgan fingerprint density at radius 2 is 2.73 bits per heavy atom. The van der Waals surface area contributed by atoms with Crippen LogP contribution in [0.4, 0.5) is 0 Å². The van der Waals surface area contributed by atoms with Gasteiger partial charge >= 0.3 is 5.97 Å². The van der Waals surface area contributed by atoms with E-state index in [0.717, 1.165) is 0 Å². The Morgan fingerprint density at radius 3 is 3.27 bits per heavy atom. The van der Waals surface area contributed by atoms with E-state index >= 15 is 0 Å². The summed E-state index contributed by atoms with van der Waals surface area (Å²) in [6, 6.07) is 0. The second kappa shape index (κ2) is 3.75. The molecule has 0 amide bonds. The first-order chi connectivity index (χ1) is 5.34. The number of nitrogens with zero attached hydrogens (tertiary/aromatic N) is 1. The zero-order valence-electron chi connectivity index (χ0n) is 6.24. The van der Waals surface area contributed by atoms with Gasteiger partial charge in [-0.05, 0) is 6.92 Å². The van der Waals surface area contributed by atoms with E-state index in [9.17, 15) is 4.79 Å². The van der Waals surface area contributed by atoms with E-state index in [1.54, 1.807) is 13.1 Å². The van der Waals surface area contributed by atoms with Gasteiger partial charge in [0.15, 0.2) is 0 Å². The van der Waals surface area contributed by atoms with Crippen molar-refractivity contribution in [3.63, 3.8) is 0 Å². The number of ether oxygens (including phenoxy) is 2. The Hall–Kier alpha value is -1.32. The van der Waals surface area contributed by atoms with Crippen molar-refractivity contribution in [2.45, 2.75) is 6.92 Å². The van der Waals surface area contributed by atoms with Gasteiger partial charge in [-0.2, -0.15) is 0 Å². The minimum Gasteiger partial charge on any atom is -0.480 e. The van der Waals surface area contributed by atoms with Gasteiger partial charge < -0.3 is 9.47 Å². The highest BCUT2D eigenvalue weighted by Crippen LogP contribution is 2.03. The molecule has 0 saturated carbocycles. The molecule has 1 heterocycles. The average molecular weight is 155 g/mol. The van der Waals surface area contributed by atoms with Crippen LogP contribution in [0.1, 0.15) is 6.92 Å². The Balaban J connectivity index is 2.52. The summed E-state index contributed by atoms with van der Waals surface area (Å²) in [5.41, 5.74) is 0. The van der Waals surface area contributed by atoms with Crippen LogP contribution >= 0.6 is 0 Å². The number of aliphatic imine (C=N–C) groups is 1. The molecule has 60 valence electrons. The van der Waals surface area contributed by atoms with Crippen molar-refractivity contribution in [3.8, 4) is 0 Å². The second-order valence-electron chi connectivity index (χ2n) is 1.86. The molecule has 0 aromatic carbocycles. The van der Waals surface area contributed by atoms with Gasteiger partial charge in [0.05, 0.1) is 12.8 Å². The molecular formula is C7H9NO3. The maximum Gasteiger partial charge on any atom is 0.375 e. The van der Waals surface area contributed by atoms with Gasteiger partial charge in [-0.25, -0.2) is 4.79 Å². The van der Waals surface area contributed by atoms with Gasteiger partial charge in [0.2, 0.25) is 5.76 Å². The fourth-order valence-corrected chi connectivity index (χ4v) is 0.642. The van der Waals surface area contributed by atoms with Crippen LogP contribution in [-0.2, 0) is 14.3 Å². The number of carbonyl (C=O) groups excluding carboxylic acids is 1. The first kappa shape index (κ1) is 7.78. The molecule has 4 heteroatoms. The van der Waals surface area contributed by atoms with E-state index < -0.39 is 5.97 Å². The fraction of sp³-hybridized carbons (Fsp3) is 0.429. The van der Waals surface area contributed by atoms with Crippen LogP contribution in [-0.4, -0.2) is 25.4 Å². The van der Waals surface area contributed by atoms with E-state index in [1.165, 1.54) is 6.20 Å². The summed E-state index contributed by atoms with van der Waals surface area (Å²) in [6.07, 6.45) is 2.92. The predicted octanol–water partition coefficient (Wildman–Crippen LogP) is 0.492. The quantitative estimate of drug-likeness (QED) is 0.545. The van der Waals surface area contributed by atoms with Gasteiger partial charge in [-0.1, -0.05) is 0 Å². The third-order valence-corrected chi connectivity index (χ3v) is 1.09. The molecule has 0 aromatic heterocycles. The summed E-state index contributed by atoms with van der Waals surface area (Å²) in [7, 11) is 0. The average Bonchev–Trinajstić information content (AvgIpc) is 2.07. The minimum absolute atomic E-state index is 0.175. The third kappa shape index (κ3) is 2.07. The van der Waals surface area contributed by atoms with Crippen molar-refractivity contribution in [1.82, 2.24) is 0 Å². The molecule has 0 fully saturated rings. The number of carbonyl (C=O) groups is 1. The molecule has 0 bridgehead atoms. The zero-order chi connectivity index (χ0) is 8.10. The first-order valence-corrected chi connectivity index (χ1v) is 3.36. The first-order valence-electron chi connectivity index (χ1n) is 3.36. The third-order valence-electron chi connectivity index (χ3n) is 1.09. The molecular weight excluding hydrogens is 146 g/mol. The van der Waals surface area contributed by atoms with Gasteiger partial charge in [0, 0.05) is 6.21 Å². The van der Waals surface area contributed by atoms with Gasteiger partial charge in [-0.15, -0.1) is 0 Å². The maximum absolute atomic E-state index is 10.9. The van der Waals surface area contributed by atoms with Crippen LogP contribution in [0.15, 0.2) is 17.0 Å². The van der Waals surface area contributed by atoms with E-state index in [1.807, 2.05) is 0 Å². The zero-order valence-corrected chi connectivity index (χ0v) is 6.24. The van der Waals surface area contributed by atoms with E-state index in [-0.39, 0.29) is 5.76 Å². The summed E-state index contributed by atoms with van der Waals surface area (Å²) in [4.78, 5) is 14.7. The van der Waals surface area contributed by atoms with E-state index in [2.05, 4.69) is 9.73 Å². The highest BCUT2D eigenvalue weighted by Gasteiger charge is 2.12. The van der Waals surface area contributed by atoms with Crippen LogP contribution in [0.2, 0.25) is 0 Å². The molecule has 0 radical (unpaired) electrons. The van der Waals surface area contributed by atoms with Crippen LogP contribution in [0, 0.1) is 0 Å². The van der Waals surface area contributed by atoms with Crippen molar-refractivity contribution in [1.29, 1.82) is 0 Å². The van der Waals surface area contributed by atoms with Crippen molar-refractivity contribution in [2.24, 2.45) is 4.99 Å². The minimum atomic E-state index is -0.454. The monoisotopic (exact) mass is 155 g/mol. The van der Waals surface area contributed by atoms with Crippen LogP contribution in [0.5, 0.6) is 0 Å². The van der Waals surface area contributed by atoms with Crippen LogP contribution in [0.25, 0.3) is 0 Å². The summed E-state index contributed by atoms with van der Waals surface area (Å²) >= 11 is 0. The lowest BCUT2D eigenvalue weighted by molar-refractivity contribution is -0.142. The SMILES string of the molecule is CCOC(=O)C1=CN=CCO1. The van der Waals surface area contributed by atoms with E-state index in [4.69, 9.17) is 4.74 Å². The molecule has 1 aliphatic heterocycles. The standard InChI is InChI=1S/C7H9NO3/c1-2-10-7(9)6-5-8-3-4-11-6/h3,5H,2,4H2,1H3. The summed E-state index contributed by atoms with van der Waals surface area (Å²) in [6.45, 7) is 2.43. The van der Waals surface area contributed by atoms with Crippen molar-refractivity contribution >= 4 is 12.2 Å². The van der Waals surface area contributed by atoms with E-state index in [0.29, 0.717) is 13.2 Å². The molecule has 0 spiro atoms. The summed E-state index contributed by atoms with van der Waals surface area (Å²) < 4.78 is 9.60. The number of esters is 1. The van der Waals surface area contributed by atoms with Crippen LogP contribution < -0.4 is 0 Å². The molecule has 0 aromatic rings.